The van der Waals surface area contributed by atoms with Crippen LogP contribution in [0.3, 0.4) is 0 Å². The van der Waals surface area contributed by atoms with E-state index in [1.54, 1.807) is 0 Å². The molecule has 0 aromatic heterocycles. The van der Waals surface area contributed by atoms with Crippen molar-refractivity contribution in [3.05, 3.63) is 95.6 Å². The van der Waals surface area contributed by atoms with Crippen molar-refractivity contribution < 1.29 is 19.1 Å². The van der Waals surface area contributed by atoms with Gasteiger partial charge in [-0.05, 0) is 29.2 Å². The Kier molecular flexibility index (Phi) is 6.35. The molecular weight excluding hydrogens is 398 g/mol. The lowest BCUT2D eigenvalue weighted by Gasteiger charge is -2.15. The van der Waals surface area contributed by atoms with Gasteiger partial charge in [0, 0.05) is 6.07 Å². The summed E-state index contributed by atoms with van der Waals surface area (Å²) >= 11 is 1.02. The van der Waals surface area contributed by atoms with Crippen molar-refractivity contribution in [2.24, 2.45) is 0 Å². The first-order chi connectivity index (χ1) is 14.7. The standard InChI is InChI=1S/C24H21NO4S/c26-23-22(30-24(27)25-23)13-19-11-12-20(28-15-17-7-3-1-4-8-17)14-21(19)29-16-18-9-5-2-6-10-18/h1-12,14,22H,13,15-16H2,(H,25,26,27). The molecule has 0 spiro atoms. The minimum Gasteiger partial charge on any atom is -0.489 e. The fraction of sp³-hybridized carbons (Fsp3) is 0.167. The maximum Gasteiger partial charge on any atom is 0.286 e. The first-order valence-corrected chi connectivity index (χ1v) is 10.5. The number of hydrogen-bond donors (Lipinski definition) is 1. The highest BCUT2D eigenvalue weighted by Crippen LogP contribution is 2.31. The molecule has 1 atom stereocenters. The van der Waals surface area contributed by atoms with Gasteiger partial charge in [0.2, 0.25) is 5.91 Å². The predicted octanol–water partition coefficient (Wildman–Crippen LogP) is 4.74. The van der Waals surface area contributed by atoms with Crippen molar-refractivity contribution in [2.45, 2.75) is 24.9 Å². The van der Waals surface area contributed by atoms with Crippen LogP contribution in [0.2, 0.25) is 0 Å². The van der Waals surface area contributed by atoms with Gasteiger partial charge < -0.3 is 9.47 Å². The molecule has 1 N–H and O–H groups in total. The van der Waals surface area contributed by atoms with Gasteiger partial charge in [-0.15, -0.1) is 0 Å². The monoisotopic (exact) mass is 419 g/mol. The second kappa shape index (κ2) is 9.50. The molecule has 152 valence electrons. The smallest absolute Gasteiger partial charge is 0.286 e. The highest BCUT2D eigenvalue weighted by molar-refractivity contribution is 8.15. The zero-order chi connectivity index (χ0) is 20.8. The Balaban J connectivity index is 1.51. The van der Waals surface area contributed by atoms with Crippen LogP contribution in [0.15, 0.2) is 78.9 Å². The van der Waals surface area contributed by atoms with Crippen LogP contribution in [0.4, 0.5) is 4.79 Å². The third-order valence-corrected chi connectivity index (χ3v) is 5.68. The van der Waals surface area contributed by atoms with Crippen LogP contribution in [-0.4, -0.2) is 16.4 Å². The second-order valence-electron chi connectivity index (χ2n) is 6.91. The molecule has 1 aliphatic rings. The summed E-state index contributed by atoms with van der Waals surface area (Å²) in [6.45, 7) is 0.854. The highest BCUT2D eigenvalue weighted by Gasteiger charge is 2.32. The molecule has 3 aromatic rings. The summed E-state index contributed by atoms with van der Waals surface area (Å²) in [5.74, 6) is 1.07. The minimum absolute atomic E-state index is 0.261. The number of amides is 2. The topological polar surface area (TPSA) is 64.6 Å². The van der Waals surface area contributed by atoms with Crippen molar-refractivity contribution >= 4 is 22.9 Å². The van der Waals surface area contributed by atoms with E-state index in [-0.39, 0.29) is 11.1 Å². The number of thioether (sulfide) groups is 1. The second-order valence-corrected chi connectivity index (χ2v) is 8.08. The zero-order valence-electron chi connectivity index (χ0n) is 16.2. The van der Waals surface area contributed by atoms with E-state index < -0.39 is 5.25 Å². The Bertz CT molecular complexity index is 1020. The van der Waals surface area contributed by atoms with Gasteiger partial charge in [-0.3, -0.25) is 14.9 Å². The summed E-state index contributed by atoms with van der Waals surface area (Å²) in [5.41, 5.74) is 2.98. The Hall–Kier alpha value is -3.25. The van der Waals surface area contributed by atoms with Crippen molar-refractivity contribution in [1.29, 1.82) is 0 Å². The molecule has 5 nitrogen and oxygen atoms in total. The van der Waals surface area contributed by atoms with Crippen LogP contribution in [0.1, 0.15) is 16.7 Å². The lowest BCUT2D eigenvalue weighted by molar-refractivity contribution is -0.118. The van der Waals surface area contributed by atoms with E-state index in [0.717, 1.165) is 28.5 Å². The molecule has 30 heavy (non-hydrogen) atoms. The van der Waals surface area contributed by atoms with E-state index in [9.17, 15) is 9.59 Å². The summed E-state index contributed by atoms with van der Waals surface area (Å²) in [4.78, 5) is 23.5. The average Bonchev–Trinajstić information content (AvgIpc) is 3.10. The van der Waals surface area contributed by atoms with E-state index in [4.69, 9.17) is 9.47 Å². The number of ether oxygens (including phenoxy) is 2. The molecule has 2 amide bonds. The van der Waals surface area contributed by atoms with E-state index in [0.29, 0.717) is 31.1 Å². The van der Waals surface area contributed by atoms with Crippen LogP contribution >= 0.6 is 11.8 Å². The molecule has 0 saturated carbocycles. The molecule has 1 fully saturated rings. The van der Waals surface area contributed by atoms with Crippen molar-refractivity contribution in [2.75, 3.05) is 0 Å². The maximum atomic E-state index is 12.0. The number of carbonyl (C=O) groups is 2. The molecule has 1 aliphatic heterocycles. The summed E-state index contributed by atoms with van der Waals surface area (Å²) in [7, 11) is 0. The number of imide groups is 1. The Morgan fingerprint density at radius 2 is 1.43 bits per heavy atom. The van der Waals surface area contributed by atoms with Gasteiger partial charge in [0.15, 0.2) is 0 Å². The van der Waals surface area contributed by atoms with Gasteiger partial charge in [0.25, 0.3) is 5.24 Å². The van der Waals surface area contributed by atoms with Crippen molar-refractivity contribution in [3.63, 3.8) is 0 Å². The third-order valence-electron chi connectivity index (χ3n) is 4.70. The molecule has 6 heteroatoms. The van der Waals surface area contributed by atoms with E-state index in [1.807, 2.05) is 78.9 Å². The van der Waals surface area contributed by atoms with Crippen LogP contribution in [-0.2, 0) is 24.4 Å². The van der Waals surface area contributed by atoms with Gasteiger partial charge >= 0.3 is 0 Å². The minimum atomic E-state index is -0.451. The van der Waals surface area contributed by atoms with Gasteiger partial charge in [-0.1, -0.05) is 78.5 Å². The molecule has 0 aliphatic carbocycles. The molecule has 1 saturated heterocycles. The maximum absolute atomic E-state index is 12.0. The Labute approximate surface area is 179 Å². The molecule has 1 heterocycles. The average molecular weight is 420 g/mol. The van der Waals surface area contributed by atoms with Gasteiger partial charge in [0.1, 0.15) is 24.7 Å². The summed E-state index contributed by atoms with van der Waals surface area (Å²) < 4.78 is 12.0. The molecule has 4 rings (SSSR count). The predicted molar refractivity (Wildman–Crippen MR) is 117 cm³/mol. The van der Waals surface area contributed by atoms with Gasteiger partial charge in [-0.2, -0.15) is 0 Å². The van der Waals surface area contributed by atoms with Crippen molar-refractivity contribution in [1.82, 2.24) is 5.32 Å². The van der Waals surface area contributed by atoms with E-state index >= 15 is 0 Å². The largest absolute Gasteiger partial charge is 0.489 e. The fourth-order valence-corrected chi connectivity index (χ4v) is 3.98. The number of rotatable bonds is 8. The first-order valence-electron chi connectivity index (χ1n) is 9.65. The Morgan fingerprint density at radius 1 is 0.800 bits per heavy atom. The van der Waals surface area contributed by atoms with Crippen molar-refractivity contribution in [3.8, 4) is 11.5 Å². The number of nitrogens with one attached hydrogen (secondary N) is 1. The lowest BCUT2D eigenvalue weighted by atomic mass is 10.1. The zero-order valence-corrected chi connectivity index (χ0v) is 17.1. The molecular formula is C24H21NO4S. The first kappa shape index (κ1) is 20.0. The quantitative estimate of drug-likeness (QED) is 0.571. The van der Waals surface area contributed by atoms with Crippen LogP contribution in [0, 0.1) is 0 Å². The summed E-state index contributed by atoms with van der Waals surface area (Å²) in [5, 5.41) is 1.58. The molecule has 1 unspecified atom stereocenters. The van der Waals surface area contributed by atoms with Gasteiger partial charge in [0.05, 0.1) is 5.25 Å². The molecule has 0 radical (unpaired) electrons. The normalized spacial score (nSPS) is 15.7. The summed E-state index contributed by atoms with van der Waals surface area (Å²) in [6, 6.07) is 25.4. The molecule has 0 bridgehead atoms. The number of benzene rings is 3. The number of hydrogen-bond acceptors (Lipinski definition) is 5. The Morgan fingerprint density at radius 3 is 2.03 bits per heavy atom. The lowest BCUT2D eigenvalue weighted by Crippen LogP contribution is -2.25. The third kappa shape index (κ3) is 5.21. The SMILES string of the molecule is O=C1NC(=O)C(Cc2ccc(OCc3ccccc3)cc2OCc2ccccc2)S1. The highest BCUT2D eigenvalue weighted by atomic mass is 32.2. The van der Waals surface area contributed by atoms with E-state index in [2.05, 4.69) is 5.32 Å². The molecule has 3 aromatic carbocycles. The van der Waals surface area contributed by atoms with Gasteiger partial charge in [-0.25, -0.2) is 0 Å². The fourth-order valence-electron chi connectivity index (χ4n) is 3.13. The van der Waals surface area contributed by atoms with Crippen LogP contribution < -0.4 is 14.8 Å². The number of carbonyl (C=O) groups excluding carboxylic acids is 2. The van der Waals surface area contributed by atoms with Crippen LogP contribution in [0.5, 0.6) is 11.5 Å². The van der Waals surface area contributed by atoms with E-state index in [1.165, 1.54) is 0 Å². The van der Waals surface area contributed by atoms with Crippen LogP contribution in [0.25, 0.3) is 0 Å². The summed E-state index contributed by atoms with van der Waals surface area (Å²) in [6.07, 6.45) is 0.408.